The first kappa shape index (κ1) is 11.4. The van der Waals surface area contributed by atoms with Crippen molar-refractivity contribution >= 4 is 5.97 Å². The van der Waals surface area contributed by atoms with Crippen LogP contribution in [0.5, 0.6) is 0 Å². The Bertz CT molecular complexity index is 568. The molecule has 0 aliphatic rings. The molecule has 0 bridgehead atoms. The highest BCUT2D eigenvalue weighted by Gasteiger charge is 2.19. The zero-order valence-corrected chi connectivity index (χ0v) is 10.1. The lowest BCUT2D eigenvalue weighted by Crippen LogP contribution is -2.00. The summed E-state index contributed by atoms with van der Waals surface area (Å²) in [6.07, 6.45) is 0. The number of nitrogens with zero attached hydrogens (tertiary/aromatic N) is 2. The molecule has 4 nitrogen and oxygen atoms in total. The van der Waals surface area contributed by atoms with Gasteiger partial charge in [-0.15, -0.1) is 0 Å². The third-order valence-electron chi connectivity index (χ3n) is 2.88. The molecule has 0 saturated carbocycles. The molecule has 1 aromatic heterocycles. The van der Waals surface area contributed by atoms with Crippen LogP contribution in [0.25, 0.3) is 11.1 Å². The Labute approximate surface area is 99.5 Å². The number of carbonyl (C=O) groups is 1. The lowest BCUT2D eigenvalue weighted by atomic mass is 10.0. The van der Waals surface area contributed by atoms with Crippen molar-refractivity contribution in [1.82, 2.24) is 9.78 Å². The first-order valence-electron chi connectivity index (χ1n) is 5.34. The van der Waals surface area contributed by atoms with E-state index in [0.29, 0.717) is 5.56 Å². The van der Waals surface area contributed by atoms with Crippen molar-refractivity contribution in [3.63, 3.8) is 0 Å². The van der Waals surface area contributed by atoms with Gasteiger partial charge in [0.2, 0.25) is 0 Å². The highest BCUT2D eigenvalue weighted by atomic mass is 16.4. The summed E-state index contributed by atoms with van der Waals surface area (Å²) in [6.45, 7) is 3.87. The second-order valence-electron chi connectivity index (χ2n) is 4.10. The lowest BCUT2D eigenvalue weighted by molar-refractivity contribution is 0.0690. The van der Waals surface area contributed by atoms with E-state index in [9.17, 15) is 4.79 Å². The highest BCUT2D eigenvalue weighted by molar-refractivity contribution is 5.94. The van der Waals surface area contributed by atoms with E-state index in [1.165, 1.54) is 0 Å². The van der Waals surface area contributed by atoms with E-state index in [0.717, 1.165) is 16.8 Å². The van der Waals surface area contributed by atoms with Crippen LogP contribution in [0, 0.1) is 13.8 Å². The molecule has 0 radical (unpaired) electrons. The fourth-order valence-electron chi connectivity index (χ4n) is 1.82. The fraction of sp³-hybridized carbons (Fsp3) is 0.231. The van der Waals surface area contributed by atoms with Crippen LogP contribution in [0.15, 0.2) is 24.3 Å². The van der Waals surface area contributed by atoms with E-state index >= 15 is 0 Å². The Hall–Kier alpha value is -2.10. The maximum Gasteiger partial charge on any atom is 0.357 e. The van der Waals surface area contributed by atoms with Gasteiger partial charge in [-0.3, -0.25) is 4.68 Å². The van der Waals surface area contributed by atoms with Gasteiger partial charge in [-0.1, -0.05) is 29.8 Å². The first-order chi connectivity index (χ1) is 8.00. The van der Waals surface area contributed by atoms with Gasteiger partial charge in [0.05, 0.1) is 0 Å². The summed E-state index contributed by atoms with van der Waals surface area (Å²) in [7, 11) is 1.75. The van der Waals surface area contributed by atoms with Crippen molar-refractivity contribution in [1.29, 1.82) is 0 Å². The molecule has 0 saturated heterocycles. The van der Waals surface area contributed by atoms with Crippen molar-refractivity contribution in [3.05, 3.63) is 41.2 Å². The van der Waals surface area contributed by atoms with Gasteiger partial charge in [0.1, 0.15) is 0 Å². The molecule has 0 atom stereocenters. The fourth-order valence-corrected chi connectivity index (χ4v) is 1.82. The van der Waals surface area contributed by atoms with Crippen LogP contribution in [0.1, 0.15) is 21.7 Å². The maximum atomic E-state index is 11.2. The number of carboxylic acids is 1. The maximum absolute atomic E-state index is 11.2. The molecule has 0 aliphatic heterocycles. The van der Waals surface area contributed by atoms with Gasteiger partial charge in [-0.2, -0.15) is 5.10 Å². The smallest absolute Gasteiger partial charge is 0.357 e. The standard InChI is InChI=1S/C13H14N2O2/c1-8-4-6-10(7-5-8)11-9(2)15(3)14-12(11)13(16)17/h4-7H,1-3H3,(H,16,17). The minimum absolute atomic E-state index is 0.105. The predicted octanol–water partition coefficient (Wildman–Crippen LogP) is 2.40. The SMILES string of the molecule is Cc1ccc(-c2c(C(=O)O)nn(C)c2C)cc1. The highest BCUT2D eigenvalue weighted by Crippen LogP contribution is 2.27. The second-order valence-corrected chi connectivity index (χ2v) is 4.10. The number of aromatic carboxylic acids is 1. The molecule has 2 rings (SSSR count). The van der Waals surface area contributed by atoms with Crippen LogP contribution in [0.4, 0.5) is 0 Å². The van der Waals surface area contributed by atoms with Gasteiger partial charge >= 0.3 is 5.97 Å². The largest absolute Gasteiger partial charge is 0.476 e. The second kappa shape index (κ2) is 4.05. The number of hydrogen-bond acceptors (Lipinski definition) is 2. The van der Waals surface area contributed by atoms with Gasteiger partial charge in [0.25, 0.3) is 0 Å². The zero-order valence-electron chi connectivity index (χ0n) is 10.1. The van der Waals surface area contributed by atoms with Crippen molar-refractivity contribution < 1.29 is 9.90 Å². The summed E-state index contributed by atoms with van der Waals surface area (Å²) in [5, 5.41) is 13.2. The van der Waals surface area contributed by atoms with Crippen LogP contribution < -0.4 is 0 Å². The van der Waals surface area contributed by atoms with Crippen LogP contribution in [-0.4, -0.2) is 20.9 Å². The number of benzene rings is 1. The van der Waals surface area contributed by atoms with Crippen LogP contribution in [0.2, 0.25) is 0 Å². The average molecular weight is 230 g/mol. The predicted molar refractivity (Wildman–Crippen MR) is 65.1 cm³/mol. The summed E-state index contributed by atoms with van der Waals surface area (Å²) < 4.78 is 1.60. The molecule has 0 unspecified atom stereocenters. The molecular formula is C13H14N2O2. The first-order valence-corrected chi connectivity index (χ1v) is 5.34. The van der Waals surface area contributed by atoms with Crippen molar-refractivity contribution in [2.45, 2.75) is 13.8 Å². The third kappa shape index (κ3) is 1.93. The van der Waals surface area contributed by atoms with Crippen LogP contribution in [-0.2, 0) is 7.05 Å². The van der Waals surface area contributed by atoms with Gasteiger partial charge in [-0.25, -0.2) is 4.79 Å². The molecule has 88 valence electrons. The van der Waals surface area contributed by atoms with E-state index in [2.05, 4.69) is 5.10 Å². The third-order valence-corrected chi connectivity index (χ3v) is 2.88. The normalized spacial score (nSPS) is 10.5. The molecule has 1 N–H and O–H groups in total. The quantitative estimate of drug-likeness (QED) is 0.861. The molecule has 2 aromatic rings. The summed E-state index contributed by atoms with van der Waals surface area (Å²) in [5.41, 5.74) is 3.69. The Morgan fingerprint density at radius 3 is 2.35 bits per heavy atom. The Kier molecular flexibility index (Phi) is 2.71. The van der Waals surface area contributed by atoms with Gasteiger partial charge in [0.15, 0.2) is 5.69 Å². The summed E-state index contributed by atoms with van der Waals surface area (Å²) in [6, 6.07) is 7.78. The molecule has 1 aromatic carbocycles. The van der Waals surface area contributed by atoms with Crippen molar-refractivity contribution in [2.24, 2.45) is 7.05 Å². The molecule has 17 heavy (non-hydrogen) atoms. The Balaban J connectivity index is 2.65. The molecule has 0 aliphatic carbocycles. The van der Waals surface area contributed by atoms with E-state index in [1.54, 1.807) is 11.7 Å². The molecule has 4 heteroatoms. The number of hydrogen-bond donors (Lipinski definition) is 1. The molecular weight excluding hydrogens is 216 g/mol. The molecule has 1 heterocycles. The summed E-state index contributed by atoms with van der Waals surface area (Å²) >= 11 is 0. The zero-order chi connectivity index (χ0) is 12.6. The lowest BCUT2D eigenvalue weighted by Gasteiger charge is -2.02. The van der Waals surface area contributed by atoms with E-state index in [1.807, 2.05) is 38.1 Å². The number of rotatable bonds is 2. The Morgan fingerprint density at radius 2 is 1.82 bits per heavy atom. The summed E-state index contributed by atoms with van der Waals surface area (Å²) in [5.74, 6) is -0.996. The van der Waals surface area contributed by atoms with Crippen molar-refractivity contribution in [2.75, 3.05) is 0 Å². The number of carboxylic acid groups (broad SMARTS) is 1. The minimum Gasteiger partial charge on any atom is -0.476 e. The van der Waals surface area contributed by atoms with Gasteiger partial charge < -0.3 is 5.11 Å². The van der Waals surface area contributed by atoms with Gasteiger partial charge in [-0.05, 0) is 19.4 Å². The van der Waals surface area contributed by atoms with E-state index in [-0.39, 0.29) is 5.69 Å². The molecule has 0 spiro atoms. The number of aryl methyl sites for hydroxylation is 2. The molecule has 0 fully saturated rings. The van der Waals surface area contributed by atoms with Crippen LogP contribution in [0.3, 0.4) is 0 Å². The summed E-state index contributed by atoms with van der Waals surface area (Å²) in [4.78, 5) is 11.2. The Morgan fingerprint density at radius 1 is 1.24 bits per heavy atom. The number of aromatic nitrogens is 2. The van der Waals surface area contributed by atoms with E-state index < -0.39 is 5.97 Å². The van der Waals surface area contributed by atoms with E-state index in [4.69, 9.17) is 5.11 Å². The van der Waals surface area contributed by atoms with Crippen molar-refractivity contribution in [3.8, 4) is 11.1 Å². The van der Waals surface area contributed by atoms with Gasteiger partial charge in [0, 0.05) is 18.3 Å². The molecule has 0 amide bonds. The topological polar surface area (TPSA) is 55.1 Å². The monoisotopic (exact) mass is 230 g/mol. The minimum atomic E-state index is -0.996. The average Bonchev–Trinajstić information content (AvgIpc) is 2.57. The van der Waals surface area contributed by atoms with Crippen LogP contribution >= 0.6 is 0 Å².